The zero-order chi connectivity index (χ0) is 8.59. The number of cyclic esters (lactones) is 1. The van der Waals surface area contributed by atoms with E-state index in [1.54, 1.807) is 11.9 Å². The average molecular weight is 157 g/mol. The van der Waals surface area contributed by atoms with E-state index in [4.69, 9.17) is 4.74 Å². The summed E-state index contributed by atoms with van der Waals surface area (Å²) in [5.41, 5.74) is 0. The van der Waals surface area contributed by atoms with Crippen LogP contribution in [0.2, 0.25) is 0 Å². The predicted molar refractivity (Wildman–Crippen MR) is 42.3 cm³/mol. The highest BCUT2D eigenvalue weighted by molar-refractivity contribution is 5.70. The minimum absolute atomic E-state index is 0.0347. The van der Waals surface area contributed by atoms with Crippen molar-refractivity contribution in [3.05, 3.63) is 0 Å². The third-order valence-electron chi connectivity index (χ3n) is 2.19. The highest BCUT2D eigenvalue weighted by atomic mass is 16.6. The lowest BCUT2D eigenvalue weighted by molar-refractivity contribution is 0.135. The summed E-state index contributed by atoms with van der Waals surface area (Å²) in [6, 6.07) is 0.238. The average Bonchev–Trinajstić information content (AvgIpc) is 2.07. The number of hydrogen-bond donors (Lipinski definition) is 0. The van der Waals surface area contributed by atoms with Crippen LogP contribution in [0.15, 0.2) is 0 Å². The fourth-order valence-electron chi connectivity index (χ4n) is 1.74. The molecule has 3 nitrogen and oxygen atoms in total. The van der Waals surface area contributed by atoms with Gasteiger partial charge in [-0.15, -0.1) is 0 Å². The minimum atomic E-state index is -0.198. The van der Waals surface area contributed by atoms with Gasteiger partial charge in [0.15, 0.2) is 0 Å². The van der Waals surface area contributed by atoms with Crippen molar-refractivity contribution < 1.29 is 9.53 Å². The van der Waals surface area contributed by atoms with Crippen LogP contribution in [0.5, 0.6) is 0 Å². The van der Waals surface area contributed by atoms with Gasteiger partial charge < -0.3 is 9.64 Å². The van der Waals surface area contributed by atoms with Gasteiger partial charge in [0.2, 0.25) is 0 Å². The Bertz CT molecular complexity index is 167. The standard InChI is InChI=1S/C8H15NO2/c1-5(2)7-6(3)11-8(10)9(7)4/h5-7H,1-4H3. The molecule has 1 saturated heterocycles. The molecule has 0 bridgehead atoms. The predicted octanol–water partition coefficient (Wildman–Crippen LogP) is 1.48. The number of ether oxygens (including phenoxy) is 1. The van der Waals surface area contributed by atoms with Crippen LogP contribution in [0.4, 0.5) is 4.79 Å². The Morgan fingerprint density at radius 1 is 1.55 bits per heavy atom. The molecule has 0 aliphatic carbocycles. The van der Waals surface area contributed by atoms with Crippen molar-refractivity contribution in [2.45, 2.75) is 32.9 Å². The minimum Gasteiger partial charge on any atom is -0.444 e. The molecule has 0 aromatic carbocycles. The molecular formula is C8H15NO2. The maximum absolute atomic E-state index is 11.0. The van der Waals surface area contributed by atoms with Crippen LogP contribution < -0.4 is 0 Å². The Hall–Kier alpha value is -0.730. The lowest BCUT2D eigenvalue weighted by Gasteiger charge is -2.22. The van der Waals surface area contributed by atoms with Gasteiger partial charge in [-0.2, -0.15) is 0 Å². The zero-order valence-electron chi connectivity index (χ0n) is 7.50. The number of carbonyl (C=O) groups is 1. The van der Waals surface area contributed by atoms with Gasteiger partial charge in [-0.3, -0.25) is 0 Å². The Morgan fingerprint density at radius 2 is 2.09 bits per heavy atom. The van der Waals surface area contributed by atoms with Crippen LogP contribution in [-0.2, 0) is 4.74 Å². The number of hydrogen-bond acceptors (Lipinski definition) is 2. The molecule has 1 amide bonds. The van der Waals surface area contributed by atoms with Crippen LogP contribution in [0.1, 0.15) is 20.8 Å². The van der Waals surface area contributed by atoms with E-state index in [-0.39, 0.29) is 18.2 Å². The summed E-state index contributed by atoms with van der Waals surface area (Å²) >= 11 is 0. The molecule has 1 rings (SSSR count). The lowest BCUT2D eigenvalue weighted by Crippen LogP contribution is -2.36. The molecular weight excluding hydrogens is 142 g/mol. The Labute approximate surface area is 67.3 Å². The van der Waals surface area contributed by atoms with E-state index in [1.165, 1.54) is 0 Å². The van der Waals surface area contributed by atoms with Crippen LogP contribution in [0.3, 0.4) is 0 Å². The molecule has 0 aromatic rings. The van der Waals surface area contributed by atoms with E-state index in [9.17, 15) is 4.79 Å². The van der Waals surface area contributed by atoms with Crippen molar-refractivity contribution in [2.75, 3.05) is 7.05 Å². The summed E-state index contributed by atoms with van der Waals surface area (Å²) in [6.07, 6.45) is -0.163. The van der Waals surface area contributed by atoms with E-state index in [0.717, 1.165) is 0 Å². The van der Waals surface area contributed by atoms with E-state index in [1.807, 2.05) is 6.92 Å². The normalized spacial score (nSPS) is 31.4. The van der Waals surface area contributed by atoms with Crippen LogP contribution in [-0.4, -0.2) is 30.2 Å². The molecule has 1 aliphatic heterocycles. The largest absolute Gasteiger partial charge is 0.444 e. The van der Waals surface area contributed by atoms with Gasteiger partial charge in [-0.1, -0.05) is 13.8 Å². The highest BCUT2D eigenvalue weighted by Gasteiger charge is 2.37. The van der Waals surface area contributed by atoms with E-state index in [2.05, 4.69) is 13.8 Å². The van der Waals surface area contributed by atoms with Crippen molar-refractivity contribution >= 4 is 6.09 Å². The van der Waals surface area contributed by atoms with Crippen molar-refractivity contribution in [2.24, 2.45) is 5.92 Å². The first-order chi connectivity index (χ1) is 5.04. The topological polar surface area (TPSA) is 29.5 Å². The second kappa shape index (κ2) is 2.72. The number of rotatable bonds is 1. The highest BCUT2D eigenvalue weighted by Crippen LogP contribution is 2.23. The Kier molecular flexibility index (Phi) is 2.07. The lowest BCUT2D eigenvalue weighted by atomic mass is 10.00. The summed E-state index contributed by atoms with van der Waals surface area (Å²) in [5, 5.41) is 0. The molecule has 1 fully saturated rings. The van der Waals surface area contributed by atoms with Gasteiger partial charge in [0.05, 0.1) is 6.04 Å². The number of nitrogens with zero attached hydrogens (tertiary/aromatic N) is 1. The monoisotopic (exact) mass is 157 g/mol. The maximum atomic E-state index is 11.0. The third-order valence-corrected chi connectivity index (χ3v) is 2.19. The number of amides is 1. The molecule has 0 aromatic heterocycles. The summed E-state index contributed by atoms with van der Waals surface area (Å²) in [5.74, 6) is 0.460. The molecule has 2 atom stereocenters. The molecule has 1 heterocycles. The summed E-state index contributed by atoms with van der Waals surface area (Å²) in [4.78, 5) is 12.7. The maximum Gasteiger partial charge on any atom is 0.410 e. The van der Waals surface area contributed by atoms with E-state index < -0.39 is 0 Å². The second-order valence-electron chi connectivity index (χ2n) is 3.43. The molecule has 0 spiro atoms. The summed E-state index contributed by atoms with van der Waals surface area (Å²) in [6.45, 7) is 6.13. The van der Waals surface area contributed by atoms with Crippen molar-refractivity contribution in [3.63, 3.8) is 0 Å². The fraction of sp³-hybridized carbons (Fsp3) is 0.875. The third kappa shape index (κ3) is 1.32. The molecule has 0 N–H and O–H groups in total. The van der Waals surface area contributed by atoms with Crippen LogP contribution >= 0.6 is 0 Å². The van der Waals surface area contributed by atoms with Crippen LogP contribution in [0, 0.1) is 5.92 Å². The van der Waals surface area contributed by atoms with Gasteiger partial charge in [0, 0.05) is 7.05 Å². The quantitative estimate of drug-likeness (QED) is 0.577. The van der Waals surface area contributed by atoms with Gasteiger partial charge in [0.25, 0.3) is 0 Å². The number of likely N-dealkylation sites (N-methyl/N-ethyl adjacent to an activating group) is 1. The first-order valence-corrected chi connectivity index (χ1v) is 3.97. The molecule has 11 heavy (non-hydrogen) atoms. The van der Waals surface area contributed by atoms with Gasteiger partial charge in [-0.25, -0.2) is 4.79 Å². The van der Waals surface area contributed by atoms with Crippen molar-refractivity contribution in [1.82, 2.24) is 4.90 Å². The molecule has 0 saturated carbocycles. The molecule has 3 heteroatoms. The summed E-state index contributed by atoms with van der Waals surface area (Å²) < 4.78 is 5.03. The van der Waals surface area contributed by atoms with Crippen LogP contribution in [0.25, 0.3) is 0 Å². The first-order valence-electron chi connectivity index (χ1n) is 3.97. The van der Waals surface area contributed by atoms with Gasteiger partial charge in [-0.05, 0) is 12.8 Å². The van der Waals surface area contributed by atoms with Crippen molar-refractivity contribution in [3.8, 4) is 0 Å². The molecule has 1 aliphatic rings. The Balaban J connectivity index is 2.71. The van der Waals surface area contributed by atoms with Gasteiger partial charge in [0.1, 0.15) is 6.10 Å². The van der Waals surface area contributed by atoms with Gasteiger partial charge >= 0.3 is 6.09 Å². The van der Waals surface area contributed by atoms with E-state index >= 15 is 0 Å². The molecule has 2 unspecified atom stereocenters. The number of carbonyl (C=O) groups excluding carboxylic acids is 1. The smallest absolute Gasteiger partial charge is 0.410 e. The Morgan fingerprint density at radius 3 is 2.27 bits per heavy atom. The first kappa shape index (κ1) is 8.37. The second-order valence-corrected chi connectivity index (χ2v) is 3.43. The zero-order valence-corrected chi connectivity index (χ0v) is 7.50. The SMILES string of the molecule is CC(C)C1C(C)OC(=O)N1C. The summed E-state index contributed by atoms with van der Waals surface area (Å²) in [7, 11) is 1.79. The fourth-order valence-corrected chi connectivity index (χ4v) is 1.74. The van der Waals surface area contributed by atoms with E-state index in [0.29, 0.717) is 5.92 Å². The van der Waals surface area contributed by atoms with Crippen molar-refractivity contribution in [1.29, 1.82) is 0 Å². The molecule has 64 valence electrons. The molecule has 0 radical (unpaired) electrons.